The monoisotopic (exact) mass is 381 g/mol. The molecule has 0 atom stereocenters. The molecular formula is C21H23N3O4. The van der Waals surface area contributed by atoms with E-state index in [4.69, 9.17) is 0 Å². The molecule has 1 aliphatic rings. The smallest absolute Gasteiger partial charge is 0.345 e. The molecule has 0 aliphatic heterocycles. The van der Waals surface area contributed by atoms with Gasteiger partial charge in [0.25, 0.3) is 5.56 Å². The van der Waals surface area contributed by atoms with Crippen LogP contribution in [0.2, 0.25) is 0 Å². The van der Waals surface area contributed by atoms with Crippen molar-refractivity contribution >= 4 is 16.9 Å². The van der Waals surface area contributed by atoms with Gasteiger partial charge in [-0.3, -0.25) is 4.79 Å². The standard InChI is InChI=1S/C21H23N3O4/c1-3-22-10-13-7-12-8-15-11(9-16(12)24(13)2)5-4-6-14-18(15)23-20(26)17(19(14)25)21(27)28/h7-9,22H,3-6,10H2,1-2H3,(H,27,28)(H2,23,25,26). The van der Waals surface area contributed by atoms with E-state index in [2.05, 4.69) is 33.9 Å². The Hall–Kier alpha value is -3.06. The van der Waals surface area contributed by atoms with Crippen LogP contribution in [0, 0.1) is 0 Å². The number of hydrogen-bond acceptors (Lipinski definition) is 4. The zero-order valence-corrected chi connectivity index (χ0v) is 15.9. The Kier molecular flexibility index (Phi) is 4.47. The highest BCUT2D eigenvalue weighted by atomic mass is 16.4. The van der Waals surface area contributed by atoms with Crippen LogP contribution in [0.1, 0.15) is 40.5 Å². The highest BCUT2D eigenvalue weighted by molar-refractivity contribution is 5.93. The van der Waals surface area contributed by atoms with Crippen LogP contribution in [-0.2, 0) is 26.4 Å². The predicted octanol–water partition coefficient (Wildman–Crippen LogP) is 2.54. The van der Waals surface area contributed by atoms with E-state index in [0.29, 0.717) is 17.7 Å². The number of aromatic nitrogens is 2. The number of nitrogens with zero attached hydrogens (tertiary/aromatic N) is 1. The molecule has 7 heteroatoms. The van der Waals surface area contributed by atoms with Crippen LogP contribution in [0.5, 0.6) is 5.75 Å². The molecule has 2 aromatic heterocycles. The Labute approximate surface area is 161 Å². The number of aryl methyl sites for hydroxylation is 2. The molecule has 0 radical (unpaired) electrons. The van der Waals surface area contributed by atoms with Crippen LogP contribution in [0.4, 0.5) is 0 Å². The number of H-pyrrole nitrogens is 1. The second-order valence-electron chi connectivity index (χ2n) is 7.23. The third-order valence-corrected chi connectivity index (χ3v) is 5.57. The number of rotatable bonds is 4. The van der Waals surface area contributed by atoms with Gasteiger partial charge in [-0.1, -0.05) is 6.92 Å². The lowest BCUT2D eigenvalue weighted by molar-refractivity contribution is 0.0691. The average molecular weight is 381 g/mol. The molecule has 0 spiro atoms. The topological polar surface area (TPSA) is 107 Å². The van der Waals surface area contributed by atoms with Gasteiger partial charge >= 0.3 is 5.97 Å². The van der Waals surface area contributed by atoms with E-state index < -0.39 is 22.8 Å². The lowest BCUT2D eigenvalue weighted by Gasteiger charge is -2.13. The summed E-state index contributed by atoms with van der Waals surface area (Å²) in [4.78, 5) is 26.4. The Balaban J connectivity index is 1.95. The van der Waals surface area contributed by atoms with Crippen molar-refractivity contribution in [1.82, 2.24) is 14.9 Å². The molecule has 1 aromatic carbocycles. The first kappa shape index (κ1) is 18.3. The lowest BCUT2D eigenvalue weighted by Crippen LogP contribution is -2.20. The summed E-state index contributed by atoms with van der Waals surface area (Å²) in [5, 5.41) is 24.1. The van der Waals surface area contributed by atoms with Crippen molar-refractivity contribution in [1.29, 1.82) is 0 Å². The highest BCUT2D eigenvalue weighted by Crippen LogP contribution is 2.38. The van der Waals surface area contributed by atoms with Crippen molar-refractivity contribution < 1.29 is 15.0 Å². The Morgan fingerprint density at radius 2 is 2.07 bits per heavy atom. The molecule has 4 rings (SSSR count). The number of hydrogen-bond donors (Lipinski definition) is 4. The summed E-state index contributed by atoms with van der Waals surface area (Å²) in [5.74, 6) is -1.84. The SMILES string of the molecule is CCNCc1cc2cc3c(cc2n1C)CCCc1c-3[nH]c(=O)c(C(=O)O)c1O. The molecule has 7 nitrogen and oxygen atoms in total. The minimum absolute atomic E-state index is 0.417. The molecule has 0 fully saturated rings. The van der Waals surface area contributed by atoms with Crippen molar-refractivity contribution in [2.75, 3.05) is 6.54 Å². The van der Waals surface area contributed by atoms with Gasteiger partial charge in [0, 0.05) is 41.3 Å². The normalized spacial score (nSPS) is 13.2. The van der Waals surface area contributed by atoms with Crippen LogP contribution in [-0.4, -0.2) is 32.3 Å². The first-order valence-corrected chi connectivity index (χ1v) is 9.46. The van der Waals surface area contributed by atoms with Gasteiger partial charge in [-0.25, -0.2) is 4.79 Å². The second-order valence-corrected chi connectivity index (χ2v) is 7.23. The Bertz CT molecular complexity index is 1160. The number of aromatic hydroxyl groups is 1. The number of pyridine rings is 1. The molecule has 0 bridgehead atoms. The minimum atomic E-state index is -1.42. The van der Waals surface area contributed by atoms with Crippen molar-refractivity contribution in [2.45, 2.75) is 32.7 Å². The fourth-order valence-electron chi connectivity index (χ4n) is 4.10. The molecule has 1 aliphatic carbocycles. The number of fused-ring (bicyclic) bond motifs is 4. The van der Waals surface area contributed by atoms with Crippen LogP contribution in [0.25, 0.3) is 22.2 Å². The predicted molar refractivity (Wildman–Crippen MR) is 107 cm³/mol. The van der Waals surface area contributed by atoms with E-state index in [-0.39, 0.29) is 0 Å². The van der Waals surface area contributed by atoms with Crippen LogP contribution < -0.4 is 10.9 Å². The molecule has 4 N–H and O–H groups in total. The van der Waals surface area contributed by atoms with Crippen molar-refractivity contribution in [2.24, 2.45) is 7.05 Å². The molecule has 0 unspecified atom stereocenters. The van der Waals surface area contributed by atoms with E-state index >= 15 is 0 Å². The Morgan fingerprint density at radius 1 is 1.29 bits per heavy atom. The van der Waals surface area contributed by atoms with E-state index in [0.717, 1.165) is 53.7 Å². The van der Waals surface area contributed by atoms with Crippen LogP contribution >= 0.6 is 0 Å². The van der Waals surface area contributed by atoms with Gasteiger partial charge in [0.05, 0.1) is 5.69 Å². The van der Waals surface area contributed by atoms with Crippen LogP contribution in [0.15, 0.2) is 23.0 Å². The number of aromatic amines is 1. The van der Waals surface area contributed by atoms with E-state index in [9.17, 15) is 19.8 Å². The Morgan fingerprint density at radius 3 is 2.79 bits per heavy atom. The minimum Gasteiger partial charge on any atom is -0.506 e. The number of benzene rings is 1. The van der Waals surface area contributed by atoms with Crippen molar-refractivity contribution in [3.63, 3.8) is 0 Å². The molecular weight excluding hydrogens is 358 g/mol. The molecule has 146 valence electrons. The van der Waals surface area contributed by atoms with E-state index in [1.54, 1.807) is 0 Å². The highest BCUT2D eigenvalue weighted by Gasteiger charge is 2.26. The molecule has 0 saturated heterocycles. The number of carboxylic acids is 1. The summed E-state index contributed by atoms with van der Waals surface area (Å²) in [7, 11) is 2.04. The zero-order valence-electron chi connectivity index (χ0n) is 15.9. The number of nitrogens with one attached hydrogen (secondary N) is 2. The number of carbonyl (C=O) groups is 1. The van der Waals surface area contributed by atoms with Crippen molar-refractivity contribution in [3.05, 3.63) is 50.9 Å². The van der Waals surface area contributed by atoms with E-state index in [1.165, 1.54) is 0 Å². The fraction of sp³-hybridized carbons (Fsp3) is 0.333. The van der Waals surface area contributed by atoms with Gasteiger partial charge in [0.15, 0.2) is 5.56 Å². The molecule has 3 aromatic rings. The maximum atomic E-state index is 12.3. The molecule has 28 heavy (non-hydrogen) atoms. The van der Waals surface area contributed by atoms with Crippen LogP contribution in [0.3, 0.4) is 0 Å². The quantitative estimate of drug-likeness (QED) is 0.556. The molecule has 2 heterocycles. The summed E-state index contributed by atoms with van der Waals surface area (Å²) in [6, 6.07) is 6.28. The second kappa shape index (κ2) is 6.83. The van der Waals surface area contributed by atoms with Crippen molar-refractivity contribution in [3.8, 4) is 17.0 Å². The lowest BCUT2D eigenvalue weighted by atomic mass is 9.98. The first-order chi connectivity index (χ1) is 13.4. The zero-order chi connectivity index (χ0) is 20.0. The summed E-state index contributed by atoms with van der Waals surface area (Å²) in [6.45, 7) is 3.72. The summed E-state index contributed by atoms with van der Waals surface area (Å²) >= 11 is 0. The van der Waals surface area contributed by atoms with Gasteiger partial charge in [0.2, 0.25) is 0 Å². The molecule has 0 amide bonds. The third kappa shape index (κ3) is 2.79. The summed E-state index contributed by atoms with van der Waals surface area (Å²) in [5.41, 5.74) is 3.87. The summed E-state index contributed by atoms with van der Waals surface area (Å²) < 4.78 is 2.16. The molecule has 0 saturated carbocycles. The largest absolute Gasteiger partial charge is 0.506 e. The fourth-order valence-corrected chi connectivity index (χ4v) is 4.10. The number of carboxylic acid groups (broad SMARTS) is 1. The maximum Gasteiger partial charge on any atom is 0.345 e. The van der Waals surface area contributed by atoms with Gasteiger partial charge in [-0.2, -0.15) is 0 Å². The maximum absolute atomic E-state index is 12.3. The average Bonchev–Trinajstić information content (AvgIpc) is 2.83. The number of aromatic carboxylic acids is 1. The van der Waals surface area contributed by atoms with Gasteiger partial charge in [0.1, 0.15) is 5.75 Å². The summed E-state index contributed by atoms with van der Waals surface area (Å²) in [6.07, 6.45) is 2.06. The first-order valence-electron chi connectivity index (χ1n) is 9.46. The van der Waals surface area contributed by atoms with Gasteiger partial charge in [-0.05, 0) is 49.6 Å². The van der Waals surface area contributed by atoms with Gasteiger partial charge < -0.3 is 25.1 Å². The third-order valence-electron chi connectivity index (χ3n) is 5.57. The van der Waals surface area contributed by atoms with E-state index in [1.807, 2.05) is 13.1 Å². The van der Waals surface area contributed by atoms with Gasteiger partial charge in [-0.15, -0.1) is 0 Å².